The van der Waals surface area contributed by atoms with E-state index in [2.05, 4.69) is 0 Å². The van der Waals surface area contributed by atoms with E-state index >= 15 is 0 Å². The second-order valence-corrected chi connectivity index (χ2v) is 8.06. The van der Waals surface area contributed by atoms with Crippen LogP contribution < -0.4 is 14.4 Å². The van der Waals surface area contributed by atoms with E-state index in [-0.39, 0.29) is 29.7 Å². The van der Waals surface area contributed by atoms with Crippen LogP contribution in [0.2, 0.25) is 0 Å². The van der Waals surface area contributed by atoms with Gasteiger partial charge in [-0.1, -0.05) is 18.2 Å². The van der Waals surface area contributed by atoms with E-state index in [4.69, 9.17) is 18.9 Å². The maximum absolute atomic E-state index is 12.9. The third kappa shape index (κ3) is 5.14. The Morgan fingerprint density at radius 1 is 1.03 bits per heavy atom. The van der Waals surface area contributed by atoms with E-state index < -0.39 is 12.1 Å². The molecule has 1 saturated heterocycles. The van der Waals surface area contributed by atoms with Crippen molar-refractivity contribution in [3.05, 3.63) is 53.6 Å². The van der Waals surface area contributed by atoms with Gasteiger partial charge in [-0.25, -0.2) is 4.79 Å². The molecule has 2 aliphatic rings. The van der Waals surface area contributed by atoms with Crippen molar-refractivity contribution in [2.45, 2.75) is 19.4 Å². The highest BCUT2D eigenvalue weighted by atomic mass is 16.5. The molecular formula is C25H28N2O7. The van der Waals surface area contributed by atoms with Gasteiger partial charge in [0.25, 0.3) is 11.8 Å². The van der Waals surface area contributed by atoms with Gasteiger partial charge in [0.15, 0.2) is 24.2 Å². The zero-order chi connectivity index (χ0) is 24.1. The Bertz CT molecular complexity index is 1060. The molecule has 34 heavy (non-hydrogen) atoms. The first-order chi connectivity index (χ1) is 16.5. The van der Waals surface area contributed by atoms with E-state index in [1.165, 1.54) is 19.2 Å². The van der Waals surface area contributed by atoms with Gasteiger partial charge in [0.1, 0.15) is 0 Å². The number of nitrogens with zero attached hydrogens (tertiary/aromatic N) is 2. The Kier molecular flexibility index (Phi) is 7.32. The smallest absolute Gasteiger partial charge is 0.339 e. The number of benzene rings is 2. The minimum atomic E-state index is -0.952. The number of methoxy groups -OCH3 is 1. The predicted octanol–water partition coefficient (Wildman–Crippen LogP) is 2.07. The average molecular weight is 469 g/mol. The Balaban J connectivity index is 1.36. The molecule has 2 aromatic rings. The molecule has 180 valence electrons. The summed E-state index contributed by atoms with van der Waals surface area (Å²) < 4.78 is 21.7. The Hall–Kier alpha value is -3.59. The summed E-state index contributed by atoms with van der Waals surface area (Å²) in [6, 6.07) is 12.2. The van der Waals surface area contributed by atoms with Crippen LogP contribution in [0.15, 0.2) is 42.5 Å². The zero-order valence-electron chi connectivity index (χ0n) is 19.3. The van der Waals surface area contributed by atoms with Crippen molar-refractivity contribution in [3.63, 3.8) is 0 Å². The molecule has 1 atom stereocenters. The molecule has 0 spiro atoms. The van der Waals surface area contributed by atoms with Crippen LogP contribution in [0.4, 0.5) is 5.69 Å². The molecule has 0 saturated carbocycles. The SMILES string of the molecule is COc1cc(C(=O)O[C@H](C)C(=O)N2CCc3ccccc32)ccc1OCC(=O)N1CCOCC1. The molecule has 0 aromatic heterocycles. The van der Waals surface area contributed by atoms with Gasteiger partial charge in [0.05, 0.1) is 25.9 Å². The minimum absolute atomic E-state index is 0.148. The molecule has 0 bridgehead atoms. The molecular weight excluding hydrogens is 440 g/mol. The molecule has 0 unspecified atom stereocenters. The molecule has 0 aliphatic carbocycles. The van der Waals surface area contributed by atoms with Gasteiger partial charge in [0.2, 0.25) is 0 Å². The van der Waals surface area contributed by atoms with Crippen molar-refractivity contribution in [2.24, 2.45) is 0 Å². The van der Waals surface area contributed by atoms with Crippen LogP contribution in [0.1, 0.15) is 22.8 Å². The molecule has 2 aliphatic heterocycles. The maximum Gasteiger partial charge on any atom is 0.339 e. The van der Waals surface area contributed by atoms with Crippen molar-refractivity contribution < 1.29 is 33.3 Å². The van der Waals surface area contributed by atoms with Crippen molar-refractivity contribution in [3.8, 4) is 11.5 Å². The predicted molar refractivity (Wildman–Crippen MR) is 123 cm³/mol. The normalized spacial score (nSPS) is 15.9. The van der Waals surface area contributed by atoms with Crippen LogP contribution in [0.25, 0.3) is 0 Å². The van der Waals surface area contributed by atoms with Crippen molar-refractivity contribution >= 4 is 23.5 Å². The molecule has 1 fully saturated rings. The number of hydrogen-bond donors (Lipinski definition) is 0. The van der Waals surface area contributed by atoms with Crippen molar-refractivity contribution in [2.75, 3.05) is 51.5 Å². The van der Waals surface area contributed by atoms with Crippen LogP contribution in [-0.4, -0.2) is 75.4 Å². The van der Waals surface area contributed by atoms with E-state index in [0.717, 1.165) is 17.7 Å². The van der Waals surface area contributed by atoms with Gasteiger partial charge >= 0.3 is 5.97 Å². The van der Waals surface area contributed by atoms with Gasteiger partial charge in [-0.05, 0) is 43.2 Å². The third-order valence-corrected chi connectivity index (χ3v) is 5.90. The van der Waals surface area contributed by atoms with Gasteiger partial charge < -0.3 is 28.7 Å². The number of para-hydroxylation sites is 1. The number of carbonyl (C=O) groups is 3. The first kappa shape index (κ1) is 23.6. The van der Waals surface area contributed by atoms with E-state index in [1.54, 1.807) is 22.8 Å². The molecule has 0 N–H and O–H groups in total. The van der Waals surface area contributed by atoms with Crippen LogP contribution in [0, 0.1) is 0 Å². The standard InChI is InChI=1S/C25H28N2O7/c1-17(24(29)27-10-9-18-5-3-4-6-20(18)27)34-25(30)19-7-8-21(22(15-19)31-2)33-16-23(28)26-11-13-32-14-12-26/h3-8,15,17H,9-14,16H2,1-2H3/t17-/m1/s1. The number of rotatable bonds is 7. The number of morpholine rings is 1. The Morgan fingerprint density at radius 3 is 2.56 bits per heavy atom. The lowest BCUT2D eigenvalue weighted by atomic mass is 10.2. The Labute approximate surface area is 198 Å². The summed E-state index contributed by atoms with van der Waals surface area (Å²) in [5.74, 6) is -0.450. The summed E-state index contributed by atoms with van der Waals surface area (Å²) >= 11 is 0. The van der Waals surface area contributed by atoms with Crippen LogP contribution in [0.5, 0.6) is 11.5 Å². The number of carbonyl (C=O) groups excluding carboxylic acids is 3. The lowest BCUT2D eigenvalue weighted by molar-refractivity contribution is -0.137. The molecule has 2 amide bonds. The molecule has 2 aromatic carbocycles. The summed E-state index contributed by atoms with van der Waals surface area (Å²) in [4.78, 5) is 41.2. The number of ether oxygens (including phenoxy) is 4. The first-order valence-electron chi connectivity index (χ1n) is 11.2. The highest BCUT2D eigenvalue weighted by Gasteiger charge is 2.30. The van der Waals surface area contributed by atoms with Crippen LogP contribution in [-0.2, 0) is 25.5 Å². The first-order valence-corrected chi connectivity index (χ1v) is 11.2. The number of hydrogen-bond acceptors (Lipinski definition) is 7. The minimum Gasteiger partial charge on any atom is -0.493 e. The number of amides is 2. The van der Waals surface area contributed by atoms with Gasteiger partial charge in [-0.2, -0.15) is 0 Å². The van der Waals surface area contributed by atoms with Gasteiger partial charge in [-0.3, -0.25) is 9.59 Å². The highest BCUT2D eigenvalue weighted by Crippen LogP contribution is 2.30. The lowest BCUT2D eigenvalue weighted by Crippen LogP contribution is -2.43. The summed E-state index contributed by atoms with van der Waals surface area (Å²) in [5, 5.41) is 0. The second kappa shape index (κ2) is 10.6. The zero-order valence-corrected chi connectivity index (χ0v) is 19.3. The summed E-state index contributed by atoms with van der Waals surface area (Å²) in [6.07, 6.45) is -0.179. The molecule has 9 heteroatoms. The van der Waals surface area contributed by atoms with Crippen LogP contribution >= 0.6 is 0 Å². The topological polar surface area (TPSA) is 94.6 Å². The second-order valence-electron chi connectivity index (χ2n) is 8.06. The lowest BCUT2D eigenvalue weighted by Gasteiger charge is -2.26. The van der Waals surface area contributed by atoms with Crippen molar-refractivity contribution in [1.82, 2.24) is 4.90 Å². The summed E-state index contributed by atoms with van der Waals surface area (Å²) in [5.41, 5.74) is 2.16. The number of fused-ring (bicyclic) bond motifs is 1. The number of anilines is 1. The van der Waals surface area contributed by atoms with Crippen molar-refractivity contribution in [1.29, 1.82) is 0 Å². The van der Waals surface area contributed by atoms with E-state index in [1.807, 2.05) is 24.3 Å². The summed E-state index contributed by atoms with van der Waals surface area (Å²) in [7, 11) is 1.44. The van der Waals surface area contributed by atoms with E-state index in [0.29, 0.717) is 38.6 Å². The average Bonchev–Trinajstić information content (AvgIpc) is 3.31. The third-order valence-electron chi connectivity index (χ3n) is 5.90. The quantitative estimate of drug-likeness (QED) is 0.574. The fourth-order valence-electron chi connectivity index (χ4n) is 4.02. The fourth-order valence-corrected chi connectivity index (χ4v) is 4.02. The molecule has 4 rings (SSSR count). The fraction of sp³-hybridized carbons (Fsp3) is 0.400. The Morgan fingerprint density at radius 2 is 1.79 bits per heavy atom. The summed E-state index contributed by atoms with van der Waals surface area (Å²) in [6.45, 7) is 4.06. The van der Waals surface area contributed by atoms with Gasteiger partial charge in [-0.15, -0.1) is 0 Å². The largest absolute Gasteiger partial charge is 0.493 e. The van der Waals surface area contributed by atoms with Gasteiger partial charge in [0, 0.05) is 25.3 Å². The number of esters is 1. The monoisotopic (exact) mass is 468 g/mol. The highest BCUT2D eigenvalue weighted by molar-refractivity contribution is 6.00. The molecule has 2 heterocycles. The molecule has 0 radical (unpaired) electrons. The van der Waals surface area contributed by atoms with Crippen LogP contribution in [0.3, 0.4) is 0 Å². The molecule has 9 nitrogen and oxygen atoms in total. The van der Waals surface area contributed by atoms with E-state index in [9.17, 15) is 14.4 Å². The maximum atomic E-state index is 12.9.